The van der Waals surface area contributed by atoms with E-state index in [1.54, 1.807) is 0 Å². The Morgan fingerprint density at radius 2 is 1.83 bits per heavy atom. The highest BCUT2D eigenvalue weighted by molar-refractivity contribution is 6.32. The maximum Gasteiger partial charge on any atom is 0.131 e. The van der Waals surface area contributed by atoms with Gasteiger partial charge in [-0.05, 0) is 24.1 Å². The van der Waals surface area contributed by atoms with Crippen molar-refractivity contribution in [2.24, 2.45) is 5.73 Å². The van der Waals surface area contributed by atoms with E-state index in [-0.39, 0.29) is 6.04 Å². The summed E-state index contributed by atoms with van der Waals surface area (Å²) >= 11 is 11.5. The quantitative estimate of drug-likeness (QED) is 0.710. The van der Waals surface area contributed by atoms with Crippen LogP contribution in [0.15, 0.2) is 12.1 Å². The zero-order chi connectivity index (χ0) is 8.72. The summed E-state index contributed by atoms with van der Waals surface area (Å²) in [6, 6.07) is 3.93. The largest absolute Gasteiger partial charge is 0.327 e. The topological polar surface area (TPSA) is 38.9 Å². The predicted molar refractivity (Wildman–Crippen MR) is 49.6 cm³/mol. The van der Waals surface area contributed by atoms with Crippen LogP contribution in [-0.4, -0.2) is 11.0 Å². The molecule has 2 nitrogen and oxygen atoms in total. The molecule has 0 amide bonds. The number of nitrogens with two attached hydrogens (primary N) is 1. The van der Waals surface area contributed by atoms with E-state index in [4.69, 9.17) is 28.9 Å². The third-order valence-electron chi connectivity index (χ3n) is 2.05. The molecule has 2 atom stereocenters. The Morgan fingerprint density at radius 3 is 2.25 bits per heavy atom. The van der Waals surface area contributed by atoms with Gasteiger partial charge in [0.1, 0.15) is 10.3 Å². The lowest BCUT2D eigenvalue weighted by molar-refractivity contribution is 0.986. The zero-order valence-corrected chi connectivity index (χ0v) is 7.81. The molecule has 1 aliphatic carbocycles. The molecule has 1 aromatic rings. The van der Waals surface area contributed by atoms with E-state index in [1.807, 2.05) is 12.1 Å². The first-order valence-corrected chi connectivity index (χ1v) is 4.51. The molecule has 0 bridgehead atoms. The van der Waals surface area contributed by atoms with Crippen LogP contribution in [0.1, 0.15) is 17.9 Å². The van der Waals surface area contributed by atoms with Gasteiger partial charge < -0.3 is 5.73 Å². The minimum Gasteiger partial charge on any atom is -0.327 e. The number of hydrogen-bond acceptors (Lipinski definition) is 2. The summed E-state index contributed by atoms with van der Waals surface area (Å²) in [7, 11) is 0. The molecule has 0 aromatic carbocycles. The highest BCUT2D eigenvalue weighted by Crippen LogP contribution is 2.40. The summed E-state index contributed by atoms with van der Waals surface area (Å²) in [6.45, 7) is 0. The monoisotopic (exact) mass is 202 g/mol. The summed E-state index contributed by atoms with van der Waals surface area (Å²) in [5.41, 5.74) is 6.80. The highest BCUT2D eigenvalue weighted by Gasteiger charge is 2.35. The highest BCUT2D eigenvalue weighted by atomic mass is 35.5. The van der Waals surface area contributed by atoms with Crippen molar-refractivity contribution in [3.63, 3.8) is 0 Å². The Kier molecular flexibility index (Phi) is 1.99. The molecular formula is C8H8Cl2N2. The molecule has 0 aliphatic heterocycles. The zero-order valence-electron chi connectivity index (χ0n) is 6.30. The van der Waals surface area contributed by atoms with Crippen molar-refractivity contribution in [3.8, 4) is 0 Å². The lowest BCUT2D eigenvalue weighted by atomic mass is 10.2. The minimum atomic E-state index is 0.277. The van der Waals surface area contributed by atoms with Gasteiger partial charge in [0.2, 0.25) is 0 Å². The Hall–Kier alpha value is -0.310. The maximum absolute atomic E-state index is 5.73. The molecule has 4 heteroatoms. The van der Waals surface area contributed by atoms with Crippen LogP contribution in [0.3, 0.4) is 0 Å². The van der Waals surface area contributed by atoms with Crippen LogP contribution in [-0.2, 0) is 0 Å². The predicted octanol–water partition coefficient (Wildman–Crippen LogP) is 2.20. The second kappa shape index (κ2) is 2.87. The standard InChI is InChI=1S/C8H8Cl2N2/c9-7-1-4(2-8(10)12-7)5-3-6(5)11/h1-2,5-6H,3,11H2. The molecule has 64 valence electrons. The number of rotatable bonds is 1. The van der Waals surface area contributed by atoms with E-state index in [2.05, 4.69) is 4.98 Å². The van der Waals surface area contributed by atoms with Crippen molar-refractivity contribution in [2.45, 2.75) is 18.4 Å². The Labute approximate surface area is 80.7 Å². The van der Waals surface area contributed by atoms with Gasteiger partial charge in [0.15, 0.2) is 0 Å². The van der Waals surface area contributed by atoms with Crippen molar-refractivity contribution in [2.75, 3.05) is 0 Å². The molecule has 1 fully saturated rings. The lowest BCUT2D eigenvalue weighted by Gasteiger charge is -1.99. The molecule has 0 radical (unpaired) electrons. The Bertz CT molecular complexity index is 294. The van der Waals surface area contributed by atoms with Gasteiger partial charge in [-0.25, -0.2) is 4.98 Å². The molecule has 2 N–H and O–H groups in total. The van der Waals surface area contributed by atoms with Gasteiger partial charge in [0, 0.05) is 12.0 Å². The third kappa shape index (κ3) is 1.56. The Morgan fingerprint density at radius 1 is 1.33 bits per heavy atom. The average Bonchev–Trinajstić information content (AvgIpc) is 2.64. The van der Waals surface area contributed by atoms with Crippen molar-refractivity contribution in [1.82, 2.24) is 4.98 Å². The Balaban J connectivity index is 2.32. The van der Waals surface area contributed by atoms with Gasteiger partial charge in [-0.2, -0.15) is 0 Å². The first kappa shape index (κ1) is 8.30. The molecular weight excluding hydrogens is 195 g/mol. The molecule has 0 spiro atoms. The van der Waals surface area contributed by atoms with E-state index >= 15 is 0 Å². The molecule has 2 rings (SSSR count). The summed E-state index contributed by atoms with van der Waals surface area (Å²) in [4.78, 5) is 3.86. The lowest BCUT2D eigenvalue weighted by Crippen LogP contribution is -2.01. The molecule has 1 heterocycles. The molecule has 1 aromatic heterocycles. The van der Waals surface area contributed by atoms with Crippen molar-refractivity contribution in [3.05, 3.63) is 28.0 Å². The van der Waals surface area contributed by atoms with Gasteiger partial charge in [0.05, 0.1) is 0 Å². The van der Waals surface area contributed by atoms with Crippen LogP contribution in [0.25, 0.3) is 0 Å². The summed E-state index contributed by atoms with van der Waals surface area (Å²) < 4.78 is 0. The second-order valence-electron chi connectivity index (χ2n) is 3.05. The van der Waals surface area contributed by atoms with Gasteiger partial charge in [-0.1, -0.05) is 23.2 Å². The van der Waals surface area contributed by atoms with Crippen molar-refractivity contribution in [1.29, 1.82) is 0 Å². The number of hydrogen-bond donors (Lipinski definition) is 1. The smallest absolute Gasteiger partial charge is 0.131 e. The maximum atomic E-state index is 5.73. The normalized spacial score (nSPS) is 27.2. The van der Waals surface area contributed by atoms with Gasteiger partial charge >= 0.3 is 0 Å². The van der Waals surface area contributed by atoms with Crippen LogP contribution >= 0.6 is 23.2 Å². The average molecular weight is 203 g/mol. The minimum absolute atomic E-state index is 0.277. The number of nitrogens with zero attached hydrogens (tertiary/aromatic N) is 1. The molecule has 2 unspecified atom stereocenters. The van der Waals surface area contributed by atoms with E-state index < -0.39 is 0 Å². The van der Waals surface area contributed by atoms with E-state index in [1.165, 1.54) is 0 Å². The third-order valence-corrected chi connectivity index (χ3v) is 2.44. The van der Waals surface area contributed by atoms with Crippen molar-refractivity contribution < 1.29 is 0 Å². The molecule has 1 saturated carbocycles. The number of halogens is 2. The molecule has 0 saturated heterocycles. The van der Waals surface area contributed by atoms with E-state index in [0.29, 0.717) is 16.2 Å². The fourth-order valence-electron chi connectivity index (χ4n) is 1.30. The fraction of sp³-hybridized carbons (Fsp3) is 0.375. The van der Waals surface area contributed by atoms with Crippen LogP contribution in [0.4, 0.5) is 0 Å². The van der Waals surface area contributed by atoms with Crippen LogP contribution < -0.4 is 5.73 Å². The molecule has 12 heavy (non-hydrogen) atoms. The first-order chi connectivity index (χ1) is 5.66. The van der Waals surface area contributed by atoms with Crippen LogP contribution in [0, 0.1) is 0 Å². The first-order valence-electron chi connectivity index (χ1n) is 3.75. The van der Waals surface area contributed by atoms with E-state index in [9.17, 15) is 0 Å². The summed E-state index contributed by atoms with van der Waals surface area (Å²) in [5.74, 6) is 0.433. The summed E-state index contributed by atoms with van der Waals surface area (Å²) in [6.07, 6.45) is 1.02. The van der Waals surface area contributed by atoms with Crippen LogP contribution in [0.5, 0.6) is 0 Å². The van der Waals surface area contributed by atoms with E-state index in [0.717, 1.165) is 12.0 Å². The SMILES string of the molecule is NC1CC1c1cc(Cl)nc(Cl)c1. The molecule has 1 aliphatic rings. The number of pyridine rings is 1. The summed E-state index contributed by atoms with van der Waals surface area (Å²) in [5, 5.41) is 0.883. The van der Waals surface area contributed by atoms with Gasteiger partial charge in [-0.3, -0.25) is 0 Å². The second-order valence-corrected chi connectivity index (χ2v) is 3.83. The van der Waals surface area contributed by atoms with Gasteiger partial charge in [0.25, 0.3) is 0 Å². The fourth-order valence-corrected chi connectivity index (χ4v) is 1.77. The van der Waals surface area contributed by atoms with Gasteiger partial charge in [-0.15, -0.1) is 0 Å². The van der Waals surface area contributed by atoms with Crippen molar-refractivity contribution >= 4 is 23.2 Å². The van der Waals surface area contributed by atoms with Crippen LogP contribution in [0.2, 0.25) is 10.3 Å². The number of aromatic nitrogens is 1.